The lowest BCUT2D eigenvalue weighted by molar-refractivity contribution is -0.136. The third-order valence-electron chi connectivity index (χ3n) is 1.64. The van der Waals surface area contributed by atoms with Gasteiger partial charge in [0.15, 0.2) is 0 Å². The highest BCUT2D eigenvalue weighted by Crippen LogP contribution is 2.01. The maximum atomic E-state index is 10.2. The number of carboxylic acids is 1. The van der Waals surface area contributed by atoms with Crippen molar-refractivity contribution in [3.63, 3.8) is 0 Å². The smallest absolute Gasteiger partial charge is 0.304 e. The molecule has 1 aromatic carbocycles. The van der Waals surface area contributed by atoms with Crippen molar-refractivity contribution in [2.24, 2.45) is 0 Å². The Hall–Kier alpha value is -1.40. The van der Waals surface area contributed by atoms with Crippen molar-refractivity contribution in [2.75, 3.05) is 11.5 Å². The number of carbonyl (C=O) groups is 1. The van der Waals surface area contributed by atoms with Gasteiger partial charge in [-0.15, -0.1) is 11.8 Å². The SMILES string of the molecule is O=C(O)CCSCC#Cc1ccccc1. The Bertz CT molecular complexity index is 362. The molecule has 1 aromatic rings. The number of rotatable bonds is 4. The van der Waals surface area contributed by atoms with E-state index in [4.69, 9.17) is 5.11 Å². The fraction of sp³-hybridized carbons (Fsp3) is 0.250. The average molecular weight is 220 g/mol. The molecule has 0 radical (unpaired) electrons. The topological polar surface area (TPSA) is 37.3 Å². The standard InChI is InChI=1S/C12H12O2S/c13-12(14)8-10-15-9-4-7-11-5-2-1-3-6-11/h1-3,5-6H,8-10H2,(H,13,14). The minimum atomic E-state index is -0.751. The molecule has 0 atom stereocenters. The van der Waals surface area contributed by atoms with Crippen LogP contribution < -0.4 is 0 Å². The molecular formula is C12H12O2S. The Morgan fingerprint density at radius 1 is 1.33 bits per heavy atom. The van der Waals surface area contributed by atoms with E-state index >= 15 is 0 Å². The quantitative estimate of drug-likeness (QED) is 0.624. The molecule has 0 aliphatic rings. The van der Waals surface area contributed by atoms with Crippen LogP contribution in [0.3, 0.4) is 0 Å². The summed E-state index contributed by atoms with van der Waals surface area (Å²) in [5, 5.41) is 8.40. The van der Waals surface area contributed by atoms with Gasteiger partial charge in [0.2, 0.25) is 0 Å². The predicted octanol–water partition coefficient (Wildman–Crippen LogP) is 2.25. The minimum Gasteiger partial charge on any atom is -0.481 e. The number of aliphatic carboxylic acids is 1. The third kappa shape index (κ3) is 5.82. The van der Waals surface area contributed by atoms with Crippen LogP contribution in [-0.2, 0) is 4.79 Å². The summed E-state index contributed by atoms with van der Waals surface area (Å²) in [5.41, 5.74) is 0.997. The first kappa shape index (κ1) is 11.7. The highest BCUT2D eigenvalue weighted by Gasteiger charge is 1.94. The van der Waals surface area contributed by atoms with Crippen molar-refractivity contribution < 1.29 is 9.90 Å². The summed E-state index contributed by atoms with van der Waals surface area (Å²) in [5.74, 6) is 6.57. The van der Waals surface area contributed by atoms with Crippen LogP contribution >= 0.6 is 11.8 Å². The molecule has 0 saturated heterocycles. The van der Waals surface area contributed by atoms with E-state index in [9.17, 15) is 4.79 Å². The van der Waals surface area contributed by atoms with Gasteiger partial charge in [-0.2, -0.15) is 0 Å². The highest BCUT2D eigenvalue weighted by atomic mass is 32.2. The summed E-state index contributed by atoms with van der Waals surface area (Å²) in [6.07, 6.45) is 0.206. The second-order valence-corrected chi connectivity index (χ2v) is 3.97. The largest absolute Gasteiger partial charge is 0.481 e. The van der Waals surface area contributed by atoms with Gasteiger partial charge in [-0.05, 0) is 12.1 Å². The molecule has 0 aliphatic heterocycles. The van der Waals surface area contributed by atoms with Crippen LogP contribution in [0.15, 0.2) is 30.3 Å². The van der Waals surface area contributed by atoms with E-state index in [0.717, 1.165) is 5.56 Å². The summed E-state index contributed by atoms with van der Waals surface area (Å²) in [6.45, 7) is 0. The van der Waals surface area contributed by atoms with Crippen molar-refractivity contribution in [1.29, 1.82) is 0 Å². The van der Waals surface area contributed by atoms with Crippen molar-refractivity contribution in [3.05, 3.63) is 35.9 Å². The first-order chi connectivity index (χ1) is 7.29. The van der Waals surface area contributed by atoms with Gasteiger partial charge in [0.1, 0.15) is 0 Å². The Labute approximate surface area is 93.7 Å². The summed E-state index contributed by atoms with van der Waals surface area (Å²) < 4.78 is 0. The second kappa shape index (κ2) is 6.97. The Morgan fingerprint density at radius 3 is 2.73 bits per heavy atom. The predicted molar refractivity (Wildman–Crippen MR) is 62.9 cm³/mol. The van der Waals surface area contributed by atoms with Crippen molar-refractivity contribution in [2.45, 2.75) is 6.42 Å². The maximum Gasteiger partial charge on any atom is 0.304 e. The van der Waals surface area contributed by atoms with Crippen LogP contribution in [0, 0.1) is 11.8 Å². The van der Waals surface area contributed by atoms with Crippen LogP contribution in [0.1, 0.15) is 12.0 Å². The van der Waals surface area contributed by atoms with Crippen molar-refractivity contribution in [3.8, 4) is 11.8 Å². The summed E-state index contributed by atoms with van der Waals surface area (Å²) >= 11 is 1.55. The lowest BCUT2D eigenvalue weighted by Crippen LogP contribution is -1.95. The van der Waals surface area contributed by atoms with Crippen molar-refractivity contribution in [1.82, 2.24) is 0 Å². The summed E-state index contributed by atoms with van der Waals surface area (Å²) in [6, 6.07) is 9.75. The molecule has 1 rings (SSSR count). The molecule has 0 amide bonds. The van der Waals surface area contributed by atoms with Crippen LogP contribution in [0.5, 0.6) is 0 Å². The third-order valence-corrected chi connectivity index (χ3v) is 2.48. The first-order valence-electron chi connectivity index (χ1n) is 4.62. The molecule has 0 bridgehead atoms. The number of thioether (sulfide) groups is 1. The summed E-state index contributed by atoms with van der Waals surface area (Å²) in [7, 11) is 0. The second-order valence-electron chi connectivity index (χ2n) is 2.86. The fourth-order valence-corrected chi connectivity index (χ4v) is 1.58. The Kier molecular flexibility index (Phi) is 5.42. The molecule has 78 valence electrons. The normalized spacial score (nSPS) is 9.07. The van der Waals surface area contributed by atoms with Gasteiger partial charge in [0, 0.05) is 11.3 Å². The minimum absolute atomic E-state index is 0.206. The lowest BCUT2D eigenvalue weighted by Gasteiger charge is -1.91. The van der Waals surface area contributed by atoms with E-state index in [-0.39, 0.29) is 6.42 Å². The lowest BCUT2D eigenvalue weighted by atomic mass is 10.2. The molecule has 2 nitrogen and oxygen atoms in total. The van der Waals surface area contributed by atoms with Gasteiger partial charge < -0.3 is 5.11 Å². The van der Waals surface area contributed by atoms with Crippen LogP contribution in [0.25, 0.3) is 0 Å². The number of hydrogen-bond acceptors (Lipinski definition) is 2. The number of hydrogen-bond donors (Lipinski definition) is 1. The molecule has 0 heterocycles. The van der Waals surface area contributed by atoms with Crippen LogP contribution in [-0.4, -0.2) is 22.6 Å². The zero-order chi connectivity index (χ0) is 10.9. The van der Waals surface area contributed by atoms with Crippen molar-refractivity contribution >= 4 is 17.7 Å². The van der Waals surface area contributed by atoms with E-state index in [1.165, 1.54) is 0 Å². The van der Waals surface area contributed by atoms with Crippen LogP contribution in [0.4, 0.5) is 0 Å². The Morgan fingerprint density at radius 2 is 2.07 bits per heavy atom. The van der Waals surface area contributed by atoms with Gasteiger partial charge in [-0.1, -0.05) is 30.0 Å². The van der Waals surface area contributed by atoms with Crippen LogP contribution in [0.2, 0.25) is 0 Å². The first-order valence-corrected chi connectivity index (χ1v) is 5.78. The molecular weight excluding hydrogens is 208 g/mol. The Balaban J connectivity index is 2.20. The van der Waals surface area contributed by atoms with E-state index in [1.807, 2.05) is 30.3 Å². The fourth-order valence-electron chi connectivity index (χ4n) is 0.942. The molecule has 3 heteroatoms. The molecule has 0 aliphatic carbocycles. The molecule has 1 N–H and O–H groups in total. The molecule has 0 fully saturated rings. The maximum absolute atomic E-state index is 10.2. The highest BCUT2D eigenvalue weighted by molar-refractivity contribution is 7.99. The van der Waals surface area contributed by atoms with Gasteiger partial charge in [0.25, 0.3) is 0 Å². The zero-order valence-electron chi connectivity index (χ0n) is 8.27. The number of carboxylic acid groups (broad SMARTS) is 1. The van der Waals surface area contributed by atoms with Gasteiger partial charge in [-0.25, -0.2) is 0 Å². The molecule has 0 unspecified atom stereocenters. The van der Waals surface area contributed by atoms with E-state index in [2.05, 4.69) is 11.8 Å². The molecule has 0 aromatic heterocycles. The average Bonchev–Trinajstić information content (AvgIpc) is 2.24. The van der Waals surface area contributed by atoms with E-state index in [1.54, 1.807) is 11.8 Å². The molecule has 0 saturated carbocycles. The monoisotopic (exact) mass is 220 g/mol. The molecule has 15 heavy (non-hydrogen) atoms. The van der Waals surface area contributed by atoms with Gasteiger partial charge in [0.05, 0.1) is 12.2 Å². The van der Waals surface area contributed by atoms with Gasteiger partial charge >= 0.3 is 5.97 Å². The van der Waals surface area contributed by atoms with E-state index < -0.39 is 5.97 Å². The molecule has 0 spiro atoms. The zero-order valence-corrected chi connectivity index (χ0v) is 9.09. The van der Waals surface area contributed by atoms with E-state index in [0.29, 0.717) is 11.5 Å². The summed E-state index contributed by atoms with van der Waals surface area (Å²) in [4.78, 5) is 10.2. The number of benzene rings is 1. The van der Waals surface area contributed by atoms with Gasteiger partial charge in [-0.3, -0.25) is 4.79 Å².